The number of hydrogen-bond acceptors (Lipinski definition) is 3. The average molecular weight is 305 g/mol. The lowest BCUT2D eigenvalue weighted by Gasteiger charge is -2.16. The molecule has 112 valence electrons. The Morgan fingerprint density at radius 1 is 1.05 bits per heavy atom. The van der Waals surface area contributed by atoms with Gasteiger partial charge in [-0.15, -0.1) is 0 Å². The molecule has 0 unspecified atom stereocenters. The Kier molecular flexibility index (Phi) is 5.12. The minimum Gasteiger partial charge on any atom is -0.395 e. The normalized spacial score (nSPS) is 13.0. The second-order valence-corrected chi connectivity index (χ2v) is 6.72. The molecular formula is C16H19NO3S. The molecule has 0 radical (unpaired) electrons. The van der Waals surface area contributed by atoms with Crippen molar-refractivity contribution in [3.8, 4) is 0 Å². The standard InChI is InChI=1S/C16H19NO3S/c1-13-7-9-16(10-8-13)21(19,20)17-15(12-18)11-14-5-3-2-4-6-14/h2-10,15,17-18H,11-12H2,1H3/t15-/m1/s1. The van der Waals surface area contributed by atoms with Crippen LogP contribution in [0.2, 0.25) is 0 Å². The van der Waals surface area contributed by atoms with Crippen molar-refractivity contribution in [1.29, 1.82) is 0 Å². The van der Waals surface area contributed by atoms with Gasteiger partial charge in [-0.25, -0.2) is 13.1 Å². The molecule has 0 aliphatic heterocycles. The number of aliphatic hydroxyl groups is 1. The van der Waals surface area contributed by atoms with Gasteiger partial charge < -0.3 is 5.11 Å². The van der Waals surface area contributed by atoms with Gasteiger partial charge in [-0.1, -0.05) is 48.0 Å². The van der Waals surface area contributed by atoms with Crippen LogP contribution in [0.3, 0.4) is 0 Å². The number of aliphatic hydroxyl groups excluding tert-OH is 1. The van der Waals surface area contributed by atoms with E-state index in [9.17, 15) is 13.5 Å². The summed E-state index contributed by atoms with van der Waals surface area (Å²) in [6, 6.07) is 15.6. The molecule has 4 nitrogen and oxygen atoms in total. The summed E-state index contributed by atoms with van der Waals surface area (Å²) in [4.78, 5) is 0.208. The molecular weight excluding hydrogens is 286 g/mol. The minimum atomic E-state index is -3.62. The first kappa shape index (κ1) is 15.7. The van der Waals surface area contributed by atoms with Gasteiger partial charge in [-0.3, -0.25) is 0 Å². The molecule has 0 saturated heterocycles. The zero-order chi connectivity index (χ0) is 15.3. The maximum Gasteiger partial charge on any atom is 0.240 e. The summed E-state index contributed by atoms with van der Waals surface area (Å²) < 4.78 is 27.1. The second-order valence-electron chi connectivity index (χ2n) is 5.00. The van der Waals surface area contributed by atoms with Gasteiger partial charge in [0.15, 0.2) is 0 Å². The summed E-state index contributed by atoms with van der Waals surface area (Å²) in [5, 5.41) is 9.41. The molecule has 0 spiro atoms. The molecule has 0 aliphatic carbocycles. The molecule has 0 amide bonds. The first-order chi connectivity index (χ1) is 10.0. The van der Waals surface area contributed by atoms with Gasteiger partial charge in [0, 0.05) is 6.04 Å². The van der Waals surface area contributed by atoms with Crippen LogP contribution in [-0.2, 0) is 16.4 Å². The van der Waals surface area contributed by atoms with Crippen LogP contribution in [0.5, 0.6) is 0 Å². The Morgan fingerprint density at radius 3 is 2.24 bits per heavy atom. The third-order valence-corrected chi connectivity index (χ3v) is 4.73. The Morgan fingerprint density at radius 2 is 1.67 bits per heavy atom. The summed E-state index contributed by atoms with van der Waals surface area (Å²) in [6.07, 6.45) is 0.447. The summed E-state index contributed by atoms with van der Waals surface area (Å²) in [5.41, 5.74) is 1.97. The van der Waals surface area contributed by atoms with Gasteiger partial charge in [0.05, 0.1) is 11.5 Å². The molecule has 21 heavy (non-hydrogen) atoms. The highest BCUT2D eigenvalue weighted by Crippen LogP contribution is 2.12. The fourth-order valence-electron chi connectivity index (χ4n) is 2.05. The number of rotatable bonds is 6. The van der Waals surface area contributed by atoms with Gasteiger partial charge in [0.1, 0.15) is 0 Å². The van der Waals surface area contributed by atoms with Crippen LogP contribution >= 0.6 is 0 Å². The third kappa shape index (κ3) is 4.39. The average Bonchev–Trinajstić information content (AvgIpc) is 2.48. The third-order valence-electron chi connectivity index (χ3n) is 3.20. The van der Waals surface area contributed by atoms with Crippen molar-refractivity contribution in [3.63, 3.8) is 0 Å². The van der Waals surface area contributed by atoms with E-state index in [0.717, 1.165) is 11.1 Å². The molecule has 2 aromatic rings. The van der Waals surface area contributed by atoms with E-state index in [2.05, 4.69) is 4.72 Å². The first-order valence-electron chi connectivity index (χ1n) is 6.75. The molecule has 1 atom stereocenters. The molecule has 2 rings (SSSR count). The molecule has 5 heteroatoms. The lowest BCUT2D eigenvalue weighted by Crippen LogP contribution is -2.39. The van der Waals surface area contributed by atoms with E-state index >= 15 is 0 Å². The van der Waals surface area contributed by atoms with Crippen molar-refractivity contribution in [2.24, 2.45) is 0 Å². The van der Waals surface area contributed by atoms with Crippen LogP contribution in [0.4, 0.5) is 0 Å². The van der Waals surface area contributed by atoms with Crippen LogP contribution in [0, 0.1) is 6.92 Å². The highest BCUT2D eigenvalue weighted by molar-refractivity contribution is 7.89. The van der Waals surface area contributed by atoms with E-state index in [0.29, 0.717) is 6.42 Å². The van der Waals surface area contributed by atoms with Crippen molar-refractivity contribution in [2.75, 3.05) is 6.61 Å². The topological polar surface area (TPSA) is 66.4 Å². The summed E-state index contributed by atoms with van der Waals surface area (Å²) in [6.45, 7) is 1.65. The van der Waals surface area contributed by atoms with E-state index in [4.69, 9.17) is 0 Å². The summed E-state index contributed by atoms with van der Waals surface area (Å²) >= 11 is 0. The maximum absolute atomic E-state index is 12.3. The fourth-order valence-corrected chi connectivity index (χ4v) is 3.27. The van der Waals surface area contributed by atoms with Crippen molar-refractivity contribution in [2.45, 2.75) is 24.3 Å². The Bertz CT molecular complexity index is 666. The van der Waals surface area contributed by atoms with E-state index < -0.39 is 16.1 Å². The van der Waals surface area contributed by atoms with E-state index in [1.165, 1.54) is 0 Å². The van der Waals surface area contributed by atoms with Crippen LogP contribution in [0.15, 0.2) is 59.5 Å². The summed E-state index contributed by atoms with van der Waals surface area (Å²) in [7, 11) is -3.62. The van der Waals surface area contributed by atoms with Crippen LogP contribution in [0.25, 0.3) is 0 Å². The molecule has 0 aromatic heterocycles. The van der Waals surface area contributed by atoms with Crippen molar-refractivity contribution in [1.82, 2.24) is 4.72 Å². The van der Waals surface area contributed by atoms with E-state index in [-0.39, 0.29) is 11.5 Å². The number of benzene rings is 2. The van der Waals surface area contributed by atoms with Crippen LogP contribution < -0.4 is 4.72 Å². The molecule has 0 aliphatic rings. The molecule has 0 saturated carbocycles. The van der Waals surface area contributed by atoms with Gasteiger partial charge in [-0.05, 0) is 31.0 Å². The second kappa shape index (κ2) is 6.85. The van der Waals surface area contributed by atoms with Crippen LogP contribution in [-0.4, -0.2) is 26.2 Å². The quantitative estimate of drug-likeness (QED) is 0.856. The SMILES string of the molecule is Cc1ccc(S(=O)(=O)N[C@@H](CO)Cc2ccccc2)cc1. The maximum atomic E-state index is 12.3. The van der Waals surface area contributed by atoms with Gasteiger partial charge in [0.2, 0.25) is 10.0 Å². The first-order valence-corrected chi connectivity index (χ1v) is 8.23. The van der Waals surface area contributed by atoms with Crippen molar-refractivity contribution in [3.05, 3.63) is 65.7 Å². The number of sulfonamides is 1. The smallest absolute Gasteiger partial charge is 0.240 e. The Balaban J connectivity index is 2.12. The van der Waals surface area contributed by atoms with Gasteiger partial charge in [-0.2, -0.15) is 0 Å². The van der Waals surface area contributed by atoms with Gasteiger partial charge >= 0.3 is 0 Å². The number of nitrogens with one attached hydrogen (secondary N) is 1. The molecule has 0 bridgehead atoms. The largest absolute Gasteiger partial charge is 0.395 e. The van der Waals surface area contributed by atoms with Crippen molar-refractivity contribution >= 4 is 10.0 Å². The molecule has 0 heterocycles. The lowest BCUT2D eigenvalue weighted by atomic mass is 10.1. The van der Waals surface area contributed by atoms with Crippen molar-refractivity contribution < 1.29 is 13.5 Å². The monoisotopic (exact) mass is 305 g/mol. The predicted octanol–water partition coefficient (Wildman–Crippen LogP) is 1.88. The van der Waals surface area contributed by atoms with Crippen LogP contribution in [0.1, 0.15) is 11.1 Å². The lowest BCUT2D eigenvalue weighted by molar-refractivity contribution is 0.256. The number of hydrogen-bond donors (Lipinski definition) is 2. The fraction of sp³-hybridized carbons (Fsp3) is 0.250. The zero-order valence-electron chi connectivity index (χ0n) is 11.9. The number of aryl methyl sites for hydroxylation is 1. The predicted molar refractivity (Wildman–Crippen MR) is 82.5 cm³/mol. The Labute approximate surface area is 125 Å². The molecule has 2 N–H and O–H groups in total. The van der Waals surface area contributed by atoms with Gasteiger partial charge in [0.25, 0.3) is 0 Å². The molecule has 2 aromatic carbocycles. The zero-order valence-corrected chi connectivity index (χ0v) is 12.7. The molecule has 0 fully saturated rings. The highest BCUT2D eigenvalue weighted by Gasteiger charge is 2.19. The van der Waals surface area contributed by atoms with E-state index in [1.807, 2.05) is 37.3 Å². The Hall–Kier alpha value is -1.69. The summed E-state index contributed by atoms with van der Waals surface area (Å²) in [5.74, 6) is 0. The van der Waals surface area contributed by atoms with E-state index in [1.54, 1.807) is 24.3 Å². The highest BCUT2D eigenvalue weighted by atomic mass is 32.2. The minimum absolute atomic E-state index is 0.208.